The second kappa shape index (κ2) is 6.67. The molecule has 0 amide bonds. The first-order valence-corrected chi connectivity index (χ1v) is 7.57. The average molecular weight is 286 g/mol. The number of nitrogens with zero attached hydrogens (tertiary/aromatic N) is 5. The van der Waals surface area contributed by atoms with Crippen LogP contribution < -0.4 is 10.2 Å². The Morgan fingerprint density at radius 1 is 1.14 bits per heavy atom. The van der Waals surface area contributed by atoms with Crippen molar-refractivity contribution in [2.24, 2.45) is 0 Å². The molecule has 0 unspecified atom stereocenters. The van der Waals surface area contributed by atoms with Crippen LogP contribution in [0.25, 0.3) is 0 Å². The monoisotopic (exact) mass is 286 g/mol. The Bertz CT molecular complexity index is 556. The maximum Gasteiger partial charge on any atom is 0.225 e. The van der Waals surface area contributed by atoms with Gasteiger partial charge in [-0.1, -0.05) is 0 Å². The zero-order valence-electron chi connectivity index (χ0n) is 12.5. The van der Waals surface area contributed by atoms with Crippen LogP contribution in [0.1, 0.15) is 24.0 Å². The fourth-order valence-corrected chi connectivity index (χ4v) is 2.54. The molecule has 0 radical (unpaired) electrons. The molecule has 1 N–H and O–H groups in total. The number of hydrogen-bond acceptors (Lipinski definition) is 5. The predicted octanol–water partition coefficient (Wildman–Crippen LogP) is 1.37. The van der Waals surface area contributed by atoms with Gasteiger partial charge in [0.1, 0.15) is 0 Å². The van der Waals surface area contributed by atoms with Crippen molar-refractivity contribution in [2.75, 3.05) is 24.5 Å². The van der Waals surface area contributed by atoms with Gasteiger partial charge in [-0.05, 0) is 25.3 Å². The van der Waals surface area contributed by atoms with Gasteiger partial charge < -0.3 is 10.2 Å². The van der Waals surface area contributed by atoms with E-state index in [0.717, 1.165) is 44.2 Å². The van der Waals surface area contributed by atoms with Crippen molar-refractivity contribution < 1.29 is 0 Å². The van der Waals surface area contributed by atoms with Gasteiger partial charge in [-0.2, -0.15) is 5.10 Å². The third-order valence-electron chi connectivity index (χ3n) is 3.69. The highest BCUT2D eigenvalue weighted by atomic mass is 15.3. The molecule has 6 heteroatoms. The molecular formula is C15H22N6. The zero-order valence-corrected chi connectivity index (χ0v) is 12.5. The van der Waals surface area contributed by atoms with E-state index in [1.54, 1.807) is 0 Å². The highest BCUT2D eigenvalue weighted by Gasteiger charge is 2.14. The van der Waals surface area contributed by atoms with Crippen LogP contribution in [-0.2, 0) is 13.1 Å². The molecule has 0 aliphatic carbocycles. The van der Waals surface area contributed by atoms with Gasteiger partial charge in [-0.25, -0.2) is 9.97 Å². The summed E-state index contributed by atoms with van der Waals surface area (Å²) in [6, 6.07) is 0. The van der Waals surface area contributed by atoms with Crippen LogP contribution in [0.4, 0.5) is 5.95 Å². The summed E-state index contributed by atoms with van der Waals surface area (Å²) >= 11 is 0. The van der Waals surface area contributed by atoms with Crippen LogP contribution in [0.15, 0.2) is 24.8 Å². The standard InChI is InChI=1S/C15H22N6/c1-13-8-19-21(12-13)7-4-16-9-14-10-17-15(18-11-14)20-5-2-3-6-20/h8,10-12,16H,2-7,9H2,1H3. The van der Waals surface area contributed by atoms with Gasteiger partial charge in [0.2, 0.25) is 5.95 Å². The van der Waals surface area contributed by atoms with Crippen molar-refractivity contribution >= 4 is 5.95 Å². The molecule has 2 aromatic heterocycles. The summed E-state index contributed by atoms with van der Waals surface area (Å²) in [6.07, 6.45) is 10.3. The van der Waals surface area contributed by atoms with Gasteiger partial charge in [0.15, 0.2) is 0 Å². The van der Waals surface area contributed by atoms with Crippen LogP contribution in [0, 0.1) is 6.92 Å². The number of aromatic nitrogens is 4. The Kier molecular flexibility index (Phi) is 4.45. The summed E-state index contributed by atoms with van der Waals surface area (Å²) in [6.45, 7) is 6.77. The summed E-state index contributed by atoms with van der Waals surface area (Å²) in [5, 5.41) is 7.66. The van der Waals surface area contributed by atoms with E-state index in [2.05, 4.69) is 38.4 Å². The molecule has 0 spiro atoms. The van der Waals surface area contributed by atoms with E-state index in [0.29, 0.717) is 0 Å². The first kappa shape index (κ1) is 14.0. The summed E-state index contributed by atoms with van der Waals surface area (Å²) in [5.74, 6) is 0.864. The molecule has 21 heavy (non-hydrogen) atoms. The molecule has 1 saturated heterocycles. The minimum absolute atomic E-state index is 0.792. The minimum atomic E-state index is 0.792. The second-order valence-electron chi connectivity index (χ2n) is 5.54. The highest BCUT2D eigenvalue weighted by molar-refractivity contribution is 5.30. The van der Waals surface area contributed by atoms with Crippen molar-refractivity contribution in [1.29, 1.82) is 0 Å². The lowest BCUT2D eigenvalue weighted by Crippen LogP contribution is -2.22. The fraction of sp³-hybridized carbons (Fsp3) is 0.533. The number of anilines is 1. The third-order valence-corrected chi connectivity index (χ3v) is 3.69. The third kappa shape index (κ3) is 3.78. The van der Waals surface area contributed by atoms with Crippen molar-refractivity contribution in [3.05, 3.63) is 35.9 Å². The fourth-order valence-electron chi connectivity index (χ4n) is 2.54. The topological polar surface area (TPSA) is 58.9 Å². The number of nitrogens with one attached hydrogen (secondary N) is 1. The molecule has 0 bridgehead atoms. The van der Waals surface area contributed by atoms with E-state index in [1.165, 1.54) is 18.4 Å². The normalized spacial score (nSPS) is 14.8. The van der Waals surface area contributed by atoms with E-state index in [9.17, 15) is 0 Å². The van der Waals surface area contributed by atoms with Gasteiger partial charge in [0.05, 0.1) is 12.7 Å². The van der Waals surface area contributed by atoms with E-state index in [-0.39, 0.29) is 0 Å². The van der Waals surface area contributed by atoms with E-state index in [4.69, 9.17) is 0 Å². The smallest absolute Gasteiger partial charge is 0.225 e. The molecule has 1 aliphatic rings. The largest absolute Gasteiger partial charge is 0.341 e. The predicted molar refractivity (Wildman–Crippen MR) is 82.1 cm³/mol. The molecule has 3 heterocycles. The molecule has 1 fully saturated rings. The molecule has 6 nitrogen and oxygen atoms in total. The van der Waals surface area contributed by atoms with Gasteiger partial charge in [-0.15, -0.1) is 0 Å². The summed E-state index contributed by atoms with van der Waals surface area (Å²) in [5.41, 5.74) is 2.32. The van der Waals surface area contributed by atoms with Crippen LogP contribution in [0.2, 0.25) is 0 Å². The summed E-state index contributed by atoms with van der Waals surface area (Å²) in [4.78, 5) is 11.2. The van der Waals surface area contributed by atoms with Crippen LogP contribution in [-0.4, -0.2) is 39.4 Å². The molecular weight excluding hydrogens is 264 g/mol. The lowest BCUT2D eigenvalue weighted by Gasteiger charge is -2.14. The highest BCUT2D eigenvalue weighted by Crippen LogP contribution is 2.14. The second-order valence-corrected chi connectivity index (χ2v) is 5.54. The Morgan fingerprint density at radius 3 is 2.57 bits per heavy atom. The number of aryl methyl sites for hydroxylation is 1. The minimum Gasteiger partial charge on any atom is -0.341 e. The van der Waals surface area contributed by atoms with Gasteiger partial charge in [-0.3, -0.25) is 4.68 Å². The summed E-state index contributed by atoms with van der Waals surface area (Å²) in [7, 11) is 0. The van der Waals surface area contributed by atoms with Gasteiger partial charge in [0, 0.05) is 50.3 Å². The van der Waals surface area contributed by atoms with Crippen LogP contribution >= 0.6 is 0 Å². The SMILES string of the molecule is Cc1cnn(CCNCc2cnc(N3CCCC3)nc2)c1. The van der Waals surface area contributed by atoms with Gasteiger partial charge >= 0.3 is 0 Å². The molecule has 2 aromatic rings. The van der Waals surface area contributed by atoms with E-state index < -0.39 is 0 Å². The van der Waals surface area contributed by atoms with Crippen LogP contribution in [0.5, 0.6) is 0 Å². The Labute approximate surface area is 125 Å². The molecule has 112 valence electrons. The molecule has 0 saturated carbocycles. The maximum atomic E-state index is 4.46. The van der Waals surface area contributed by atoms with Crippen molar-refractivity contribution in [1.82, 2.24) is 25.1 Å². The molecule has 0 aromatic carbocycles. The Hall–Kier alpha value is -1.95. The van der Waals surface area contributed by atoms with Crippen molar-refractivity contribution in [3.63, 3.8) is 0 Å². The molecule has 1 aliphatic heterocycles. The molecule has 0 atom stereocenters. The lowest BCUT2D eigenvalue weighted by molar-refractivity contribution is 0.554. The Morgan fingerprint density at radius 2 is 1.90 bits per heavy atom. The van der Waals surface area contributed by atoms with Gasteiger partial charge in [0.25, 0.3) is 0 Å². The number of rotatable bonds is 6. The van der Waals surface area contributed by atoms with E-state index >= 15 is 0 Å². The molecule has 3 rings (SSSR count). The van der Waals surface area contributed by atoms with E-state index in [1.807, 2.05) is 23.3 Å². The first-order valence-electron chi connectivity index (χ1n) is 7.57. The zero-order chi connectivity index (χ0) is 14.5. The first-order chi connectivity index (χ1) is 10.3. The summed E-state index contributed by atoms with van der Waals surface area (Å²) < 4.78 is 1.95. The quantitative estimate of drug-likeness (QED) is 0.813. The lowest BCUT2D eigenvalue weighted by atomic mass is 10.3. The van der Waals surface area contributed by atoms with Crippen LogP contribution in [0.3, 0.4) is 0 Å². The number of hydrogen-bond donors (Lipinski definition) is 1. The Balaban J connectivity index is 1.42. The average Bonchev–Trinajstić information content (AvgIpc) is 3.16. The maximum absolute atomic E-state index is 4.46. The van der Waals surface area contributed by atoms with Crippen molar-refractivity contribution in [2.45, 2.75) is 32.9 Å². The van der Waals surface area contributed by atoms with Crippen molar-refractivity contribution in [3.8, 4) is 0 Å².